The Hall–Kier alpha value is -2.53. The lowest BCUT2D eigenvalue weighted by molar-refractivity contribution is -0.118. The number of furan rings is 1. The van der Waals surface area contributed by atoms with Gasteiger partial charge in [0.2, 0.25) is 0 Å². The number of carbonyl (C=O) groups is 2. The van der Waals surface area contributed by atoms with Gasteiger partial charge in [-0.1, -0.05) is 24.6 Å². The molecule has 5 nitrogen and oxygen atoms in total. The highest BCUT2D eigenvalue weighted by Crippen LogP contribution is 2.41. The minimum Gasteiger partial charge on any atom is -0.503 e. The van der Waals surface area contributed by atoms with E-state index in [1.54, 1.807) is 43.3 Å². The first-order valence-electron chi connectivity index (χ1n) is 7.13. The minimum absolute atomic E-state index is 0.0485. The predicted molar refractivity (Wildman–Crippen MR) is 85.3 cm³/mol. The Kier molecular flexibility index (Phi) is 3.96. The van der Waals surface area contributed by atoms with Gasteiger partial charge in [-0.2, -0.15) is 0 Å². The van der Waals surface area contributed by atoms with E-state index in [2.05, 4.69) is 0 Å². The van der Waals surface area contributed by atoms with Gasteiger partial charge in [-0.3, -0.25) is 14.5 Å². The molecule has 23 heavy (non-hydrogen) atoms. The number of rotatable bonds is 4. The zero-order valence-corrected chi connectivity index (χ0v) is 13.1. The molecule has 1 aromatic carbocycles. The minimum atomic E-state index is -0.802. The third kappa shape index (κ3) is 2.53. The van der Waals surface area contributed by atoms with Gasteiger partial charge in [0, 0.05) is 17.1 Å². The number of hydrogen-bond acceptors (Lipinski definition) is 4. The fourth-order valence-corrected chi connectivity index (χ4v) is 2.87. The summed E-state index contributed by atoms with van der Waals surface area (Å²) in [4.78, 5) is 26.1. The van der Waals surface area contributed by atoms with Gasteiger partial charge in [-0.05, 0) is 30.3 Å². The summed E-state index contributed by atoms with van der Waals surface area (Å²) in [6.07, 6.45) is 1.63. The summed E-state index contributed by atoms with van der Waals surface area (Å²) in [7, 11) is 0. The van der Waals surface area contributed by atoms with Gasteiger partial charge in [0.15, 0.2) is 11.5 Å². The van der Waals surface area contributed by atoms with E-state index in [1.165, 1.54) is 11.2 Å². The summed E-state index contributed by atoms with van der Waals surface area (Å²) in [6, 6.07) is 9.19. The van der Waals surface area contributed by atoms with Crippen LogP contribution in [-0.2, 0) is 9.59 Å². The third-order valence-electron chi connectivity index (χ3n) is 3.73. The Bertz CT molecular complexity index is 795. The molecule has 0 radical (unpaired) electrons. The summed E-state index contributed by atoms with van der Waals surface area (Å²) >= 11 is 6.00. The molecule has 0 fully saturated rings. The van der Waals surface area contributed by atoms with Gasteiger partial charge < -0.3 is 9.52 Å². The zero-order chi connectivity index (χ0) is 16.6. The molecular formula is C17H14ClNO4. The molecule has 0 saturated heterocycles. The Morgan fingerprint density at radius 1 is 1.35 bits per heavy atom. The van der Waals surface area contributed by atoms with Crippen LogP contribution in [0.1, 0.15) is 25.1 Å². The second-order valence-corrected chi connectivity index (χ2v) is 5.55. The largest absolute Gasteiger partial charge is 0.503 e. The highest BCUT2D eigenvalue weighted by molar-refractivity contribution is 6.31. The van der Waals surface area contributed by atoms with Gasteiger partial charge in [0.25, 0.3) is 5.91 Å². The number of carbonyl (C=O) groups excluding carboxylic acids is 2. The van der Waals surface area contributed by atoms with Crippen molar-refractivity contribution in [1.29, 1.82) is 0 Å². The van der Waals surface area contributed by atoms with Crippen LogP contribution in [0.3, 0.4) is 0 Å². The predicted octanol–water partition coefficient (Wildman–Crippen LogP) is 3.81. The van der Waals surface area contributed by atoms with Crippen molar-refractivity contribution in [2.75, 3.05) is 4.90 Å². The molecule has 2 heterocycles. The van der Waals surface area contributed by atoms with Crippen molar-refractivity contribution >= 4 is 29.0 Å². The fraction of sp³-hybridized carbons (Fsp3) is 0.176. The molecule has 1 N–H and O–H groups in total. The first kappa shape index (κ1) is 15.4. The molecule has 1 amide bonds. The standard InChI is InChI=1S/C17H14ClNO4/c1-2-12(20)14-15(13-7-4-8-23-13)19(17(22)16(14)21)11-6-3-5-10(18)9-11/h3-9,15,21H,2H2,1H3. The lowest BCUT2D eigenvalue weighted by Crippen LogP contribution is -2.30. The summed E-state index contributed by atoms with van der Waals surface area (Å²) in [5.41, 5.74) is 0.529. The van der Waals surface area contributed by atoms with Crippen LogP contribution in [0, 0.1) is 0 Å². The van der Waals surface area contributed by atoms with Crippen molar-refractivity contribution in [1.82, 2.24) is 0 Å². The van der Waals surface area contributed by atoms with E-state index in [9.17, 15) is 14.7 Å². The molecule has 3 rings (SSSR count). The average molecular weight is 332 g/mol. The molecule has 118 valence electrons. The molecule has 0 aliphatic carbocycles. The number of benzene rings is 1. The van der Waals surface area contributed by atoms with E-state index in [-0.39, 0.29) is 17.8 Å². The van der Waals surface area contributed by atoms with Crippen molar-refractivity contribution in [2.24, 2.45) is 0 Å². The van der Waals surface area contributed by atoms with Crippen molar-refractivity contribution in [3.63, 3.8) is 0 Å². The van der Waals surface area contributed by atoms with Crippen molar-refractivity contribution in [2.45, 2.75) is 19.4 Å². The molecule has 1 unspecified atom stereocenters. The molecule has 6 heteroatoms. The van der Waals surface area contributed by atoms with Gasteiger partial charge in [0.05, 0.1) is 11.8 Å². The number of aliphatic hydroxyl groups excluding tert-OH is 1. The summed E-state index contributed by atoms with van der Waals surface area (Å²) in [6.45, 7) is 1.67. The number of hydrogen-bond donors (Lipinski definition) is 1. The molecule has 1 aliphatic heterocycles. The van der Waals surface area contributed by atoms with Crippen molar-refractivity contribution in [3.8, 4) is 0 Å². The third-order valence-corrected chi connectivity index (χ3v) is 3.96. The van der Waals surface area contributed by atoms with Gasteiger partial charge in [-0.15, -0.1) is 0 Å². The normalized spacial score (nSPS) is 17.9. The molecule has 1 aromatic heterocycles. The Balaban J connectivity index is 2.16. The number of ketones is 1. The van der Waals surface area contributed by atoms with Crippen LogP contribution in [0.5, 0.6) is 0 Å². The number of amides is 1. The van der Waals surface area contributed by atoms with Crippen LogP contribution < -0.4 is 4.90 Å². The van der Waals surface area contributed by atoms with Crippen LogP contribution >= 0.6 is 11.6 Å². The van der Waals surface area contributed by atoms with Crippen LogP contribution in [0.25, 0.3) is 0 Å². The first-order chi connectivity index (χ1) is 11.0. The van der Waals surface area contributed by atoms with Gasteiger partial charge >= 0.3 is 0 Å². The van der Waals surface area contributed by atoms with Crippen LogP contribution in [0.15, 0.2) is 58.4 Å². The lowest BCUT2D eigenvalue weighted by atomic mass is 9.99. The fourth-order valence-electron chi connectivity index (χ4n) is 2.69. The second kappa shape index (κ2) is 5.93. The number of anilines is 1. The van der Waals surface area contributed by atoms with E-state index in [4.69, 9.17) is 16.0 Å². The molecule has 1 aliphatic rings. The molecule has 0 bridgehead atoms. The van der Waals surface area contributed by atoms with Gasteiger partial charge in [0.1, 0.15) is 11.8 Å². The smallest absolute Gasteiger partial charge is 0.294 e. The van der Waals surface area contributed by atoms with Gasteiger partial charge in [-0.25, -0.2) is 0 Å². The zero-order valence-electron chi connectivity index (χ0n) is 12.3. The van der Waals surface area contributed by atoms with E-state index >= 15 is 0 Å². The number of aliphatic hydroxyl groups is 1. The highest BCUT2D eigenvalue weighted by Gasteiger charge is 2.45. The maximum atomic E-state index is 12.5. The SMILES string of the molecule is CCC(=O)C1=C(O)C(=O)N(c2cccc(Cl)c2)C1c1ccco1. The Morgan fingerprint density at radius 2 is 2.13 bits per heavy atom. The Morgan fingerprint density at radius 3 is 2.74 bits per heavy atom. The summed E-state index contributed by atoms with van der Waals surface area (Å²) < 4.78 is 5.40. The quantitative estimate of drug-likeness (QED) is 0.924. The first-order valence-corrected chi connectivity index (χ1v) is 7.51. The van der Waals surface area contributed by atoms with Crippen molar-refractivity contribution < 1.29 is 19.1 Å². The number of Topliss-reactive ketones (excluding diaryl/α,β-unsaturated/α-hetero) is 1. The van der Waals surface area contributed by atoms with Crippen LogP contribution in [-0.4, -0.2) is 16.8 Å². The topological polar surface area (TPSA) is 70.8 Å². The van der Waals surface area contributed by atoms with E-state index in [0.717, 1.165) is 0 Å². The molecule has 0 spiro atoms. The van der Waals surface area contributed by atoms with E-state index < -0.39 is 17.7 Å². The van der Waals surface area contributed by atoms with Crippen molar-refractivity contribution in [3.05, 3.63) is 64.8 Å². The van der Waals surface area contributed by atoms with Crippen LogP contribution in [0.4, 0.5) is 5.69 Å². The summed E-state index contributed by atoms with van der Waals surface area (Å²) in [5, 5.41) is 10.7. The van der Waals surface area contributed by atoms with Crippen LogP contribution in [0.2, 0.25) is 5.02 Å². The average Bonchev–Trinajstić information content (AvgIpc) is 3.14. The number of halogens is 1. The maximum Gasteiger partial charge on any atom is 0.294 e. The monoisotopic (exact) mass is 331 g/mol. The number of nitrogens with zero attached hydrogens (tertiary/aromatic N) is 1. The lowest BCUT2D eigenvalue weighted by Gasteiger charge is -2.25. The molecule has 0 saturated carbocycles. The van der Waals surface area contributed by atoms with E-state index in [1.807, 2.05) is 0 Å². The maximum absolute atomic E-state index is 12.5. The molecule has 2 aromatic rings. The molecular weight excluding hydrogens is 318 g/mol. The molecule has 1 atom stereocenters. The highest BCUT2D eigenvalue weighted by atomic mass is 35.5. The second-order valence-electron chi connectivity index (χ2n) is 5.11. The van der Waals surface area contributed by atoms with E-state index in [0.29, 0.717) is 16.5 Å². The summed E-state index contributed by atoms with van der Waals surface area (Å²) in [5.74, 6) is -1.09. The Labute approximate surface area is 137 Å².